The van der Waals surface area contributed by atoms with E-state index in [9.17, 15) is 9.59 Å². The topological polar surface area (TPSA) is 43.4 Å². The fourth-order valence-electron chi connectivity index (χ4n) is 3.80. The van der Waals surface area contributed by atoms with E-state index in [2.05, 4.69) is 19.6 Å². The molecule has 0 amide bonds. The van der Waals surface area contributed by atoms with Crippen molar-refractivity contribution in [2.24, 2.45) is 23.7 Å². The minimum Gasteiger partial charge on any atom is -0.458 e. The van der Waals surface area contributed by atoms with Gasteiger partial charge >= 0.3 is 5.97 Å². The largest absolute Gasteiger partial charge is 0.458 e. The lowest BCUT2D eigenvalue weighted by Crippen LogP contribution is -2.32. The third-order valence-electron chi connectivity index (χ3n) is 4.98. The van der Waals surface area contributed by atoms with E-state index in [-0.39, 0.29) is 35.7 Å². The van der Waals surface area contributed by atoms with Crippen LogP contribution >= 0.6 is 0 Å². The molecule has 0 aromatic heterocycles. The predicted octanol–water partition coefficient (Wildman–Crippen LogP) is 2.28. The maximum Gasteiger partial charge on any atom is 0.334 e. The summed E-state index contributed by atoms with van der Waals surface area (Å²) in [7, 11) is 0. The summed E-state index contributed by atoms with van der Waals surface area (Å²) in [6, 6.07) is 0. The van der Waals surface area contributed by atoms with Gasteiger partial charge in [0.05, 0.1) is 0 Å². The van der Waals surface area contributed by atoms with Gasteiger partial charge in [-0.15, -0.1) is 0 Å². The number of rotatable bonds is 0. The highest BCUT2D eigenvalue weighted by atomic mass is 16.6. The number of carbonyl (C=O) groups excluding carboxylic acids is 2. The van der Waals surface area contributed by atoms with Crippen LogP contribution < -0.4 is 0 Å². The lowest BCUT2D eigenvalue weighted by atomic mass is 9.78. The van der Waals surface area contributed by atoms with Crippen LogP contribution in [0.1, 0.15) is 26.7 Å². The second-order valence-corrected chi connectivity index (χ2v) is 5.83. The molecular weight excluding hydrogens is 228 g/mol. The lowest BCUT2D eigenvalue weighted by Gasteiger charge is -2.28. The number of hydrogen-bond acceptors (Lipinski definition) is 3. The van der Waals surface area contributed by atoms with Gasteiger partial charge in [0.1, 0.15) is 11.9 Å². The standard InChI is InChI=1S/C15H18O3/c1-7-4-5-10-8(2)15(17)18-14(10)13-9(3)12(16)6-11(7)13/h4,9-11,13-14H,2,5-6H2,1,3H3. The zero-order valence-electron chi connectivity index (χ0n) is 10.8. The van der Waals surface area contributed by atoms with E-state index in [1.807, 2.05) is 6.92 Å². The molecule has 1 heterocycles. The molecule has 1 aliphatic heterocycles. The second kappa shape index (κ2) is 3.81. The van der Waals surface area contributed by atoms with Crippen molar-refractivity contribution < 1.29 is 14.3 Å². The van der Waals surface area contributed by atoms with Gasteiger partial charge in [-0.2, -0.15) is 0 Å². The molecule has 2 fully saturated rings. The number of fused-ring (bicyclic) bond motifs is 3. The Morgan fingerprint density at radius 3 is 2.78 bits per heavy atom. The monoisotopic (exact) mass is 246 g/mol. The Hall–Kier alpha value is -1.38. The summed E-state index contributed by atoms with van der Waals surface area (Å²) in [6.07, 6.45) is 3.43. The average Bonchev–Trinajstić information content (AvgIpc) is 2.72. The van der Waals surface area contributed by atoms with Crippen molar-refractivity contribution in [1.29, 1.82) is 0 Å². The molecule has 0 bridgehead atoms. The van der Waals surface area contributed by atoms with Crippen LogP contribution in [0.2, 0.25) is 0 Å². The van der Waals surface area contributed by atoms with E-state index in [1.165, 1.54) is 5.57 Å². The molecule has 3 rings (SSSR count). The summed E-state index contributed by atoms with van der Waals surface area (Å²) < 4.78 is 5.51. The molecule has 1 saturated heterocycles. The van der Waals surface area contributed by atoms with E-state index >= 15 is 0 Å². The normalized spacial score (nSPS) is 43.1. The summed E-state index contributed by atoms with van der Waals surface area (Å²) in [5, 5.41) is 0. The Morgan fingerprint density at radius 2 is 2.06 bits per heavy atom. The first-order valence-corrected chi connectivity index (χ1v) is 6.60. The van der Waals surface area contributed by atoms with Crippen molar-refractivity contribution in [3.63, 3.8) is 0 Å². The summed E-state index contributed by atoms with van der Waals surface area (Å²) in [4.78, 5) is 23.6. The van der Waals surface area contributed by atoms with Crippen LogP contribution in [0, 0.1) is 23.7 Å². The van der Waals surface area contributed by atoms with E-state index in [0.717, 1.165) is 6.42 Å². The van der Waals surface area contributed by atoms with Crippen LogP contribution in [0.25, 0.3) is 0 Å². The molecule has 0 spiro atoms. The van der Waals surface area contributed by atoms with Gasteiger partial charge in [-0.05, 0) is 19.3 Å². The molecule has 3 aliphatic rings. The highest BCUT2D eigenvalue weighted by Gasteiger charge is 2.53. The van der Waals surface area contributed by atoms with Crippen LogP contribution in [0.3, 0.4) is 0 Å². The highest BCUT2D eigenvalue weighted by molar-refractivity contribution is 5.91. The molecule has 3 nitrogen and oxygen atoms in total. The van der Waals surface area contributed by atoms with Crippen LogP contribution in [0.5, 0.6) is 0 Å². The Morgan fingerprint density at radius 1 is 1.33 bits per heavy atom. The van der Waals surface area contributed by atoms with Crippen molar-refractivity contribution >= 4 is 11.8 Å². The SMILES string of the molecule is C=C1C(=O)OC2C1CC=C(C)C1CC(=O)C(C)C12. The van der Waals surface area contributed by atoms with Gasteiger partial charge in [0, 0.05) is 29.7 Å². The van der Waals surface area contributed by atoms with Crippen LogP contribution in [0.4, 0.5) is 0 Å². The quantitative estimate of drug-likeness (QED) is 0.374. The van der Waals surface area contributed by atoms with Gasteiger partial charge in [0.15, 0.2) is 0 Å². The summed E-state index contributed by atoms with van der Waals surface area (Å²) in [5.41, 5.74) is 1.85. The Kier molecular flexibility index (Phi) is 2.47. The maximum atomic E-state index is 12.0. The fraction of sp³-hybridized carbons (Fsp3) is 0.600. The zero-order chi connectivity index (χ0) is 13.0. The maximum absolute atomic E-state index is 12.0. The first-order chi connectivity index (χ1) is 8.50. The van der Waals surface area contributed by atoms with Crippen molar-refractivity contribution in [2.45, 2.75) is 32.8 Å². The Balaban J connectivity index is 2.03. The number of hydrogen-bond donors (Lipinski definition) is 0. The number of allylic oxidation sites excluding steroid dienone is 2. The van der Waals surface area contributed by atoms with Gasteiger partial charge in [-0.25, -0.2) is 4.79 Å². The highest BCUT2D eigenvalue weighted by Crippen LogP contribution is 2.49. The van der Waals surface area contributed by atoms with Gasteiger partial charge in [0.25, 0.3) is 0 Å². The Labute approximate surface area is 107 Å². The molecule has 18 heavy (non-hydrogen) atoms. The molecule has 5 unspecified atom stereocenters. The van der Waals surface area contributed by atoms with Gasteiger partial charge in [-0.1, -0.05) is 25.2 Å². The van der Waals surface area contributed by atoms with E-state index in [4.69, 9.17) is 4.74 Å². The number of ether oxygens (including phenoxy) is 1. The van der Waals surface area contributed by atoms with E-state index < -0.39 is 0 Å². The van der Waals surface area contributed by atoms with Crippen LogP contribution in [-0.4, -0.2) is 17.9 Å². The molecule has 3 heteroatoms. The summed E-state index contributed by atoms with van der Waals surface area (Å²) >= 11 is 0. The predicted molar refractivity (Wildman–Crippen MR) is 66.7 cm³/mol. The van der Waals surface area contributed by atoms with Crippen molar-refractivity contribution in [3.8, 4) is 0 Å². The van der Waals surface area contributed by atoms with Gasteiger partial charge < -0.3 is 4.74 Å². The smallest absolute Gasteiger partial charge is 0.334 e. The number of ketones is 1. The van der Waals surface area contributed by atoms with Crippen molar-refractivity contribution in [2.75, 3.05) is 0 Å². The third kappa shape index (κ3) is 1.43. The molecule has 0 aromatic rings. The molecule has 2 aliphatic carbocycles. The van der Waals surface area contributed by atoms with E-state index in [0.29, 0.717) is 17.8 Å². The molecule has 0 aromatic carbocycles. The van der Waals surface area contributed by atoms with Crippen LogP contribution in [-0.2, 0) is 14.3 Å². The molecule has 0 radical (unpaired) electrons. The van der Waals surface area contributed by atoms with Crippen LogP contribution in [0.15, 0.2) is 23.8 Å². The molecule has 0 N–H and O–H groups in total. The third-order valence-corrected chi connectivity index (χ3v) is 4.98. The van der Waals surface area contributed by atoms with Crippen molar-refractivity contribution in [1.82, 2.24) is 0 Å². The molecule has 96 valence electrons. The fourth-order valence-corrected chi connectivity index (χ4v) is 3.80. The summed E-state index contributed by atoms with van der Waals surface area (Å²) in [5.74, 6) is 0.472. The average molecular weight is 246 g/mol. The lowest BCUT2D eigenvalue weighted by molar-refractivity contribution is -0.143. The molecular formula is C15H18O3. The zero-order valence-corrected chi connectivity index (χ0v) is 10.8. The second-order valence-electron chi connectivity index (χ2n) is 5.83. The molecule has 5 atom stereocenters. The van der Waals surface area contributed by atoms with Gasteiger partial charge in [-0.3, -0.25) is 4.79 Å². The summed E-state index contributed by atoms with van der Waals surface area (Å²) in [6.45, 7) is 7.92. The van der Waals surface area contributed by atoms with E-state index in [1.54, 1.807) is 0 Å². The number of Topliss-reactive ketones (excluding diaryl/α,β-unsaturated/α-hetero) is 1. The first-order valence-electron chi connectivity index (χ1n) is 6.60. The minimum absolute atomic E-state index is 0.0114. The number of esters is 1. The number of carbonyl (C=O) groups is 2. The van der Waals surface area contributed by atoms with Crippen molar-refractivity contribution in [3.05, 3.63) is 23.8 Å². The molecule has 1 saturated carbocycles. The minimum atomic E-state index is -0.275. The Bertz CT molecular complexity index is 474. The first kappa shape index (κ1) is 11.7. The van der Waals surface area contributed by atoms with Gasteiger partial charge in [0.2, 0.25) is 0 Å².